The van der Waals surface area contributed by atoms with Crippen LogP contribution in [0.5, 0.6) is 11.5 Å². The third-order valence-corrected chi connectivity index (χ3v) is 6.85. The van der Waals surface area contributed by atoms with Gasteiger partial charge in [0.2, 0.25) is 0 Å². The molecule has 3 fully saturated rings. The molecule has 132 valence electrons. The highest BCUT2D eigenvalue weighted by Crippen LogP contribution is 2.48. The van der Waals surface area contributed by atoms with E-state index in [1.165, 1.54) is 63.7 Å². The van der Waals surface area contributed by atoms with Crippen molar-refractivity contribution in [2.24, 2.45) is 17.8 Å². The molecule has 3 nitrogen and oxygen atoms in total. The fourth-order valence-corrected chi connectivity index (χ4v) is 5.51. The summed E-state index contributed by atoms with van der Waals surface area (Å²) in [6.45, 7) is 3.84. The molecule has 3 heteroatoms. The minimum Gasteiger partial charge on any atom is -0.497 e. The maximum atomic E-state index is 5.62. The molecule has 1 heterocycles. The zero-order valence-electron chi connectivity index (χ0n) is 15.2. The molecule has 1 aliphatic heterocycles. The Morgan fingerprint density at radius 3 is 2.46 bits per heavy atom. The van der Waals surface area contributed by atoms with E-state index < -0.39 is 0 Å². The number of likely N-dealkylation sites (tertiary alicyclic amines) is 1. The van der Waals surface area contributed by atoms with Crippen LogP contribution < -0.4 is 9.47 Å². The van der Waals surface area contributed by atoms with E-state index in [-0.39, 0.29) is 0 Å². The van der Waals surface area contributed by atoms with Gasteiger partial charge in [-0.3, -0.25) is 0 Å². The summed E-state index contributed by atoms with van der Waals surface area (Å²) in [6, 6.07) is 6.30. The summed E-state index contributed by atoms with van der Waals surface area (Å²) < 4.78 is 10.9. The van der Waals surface area contributed by atoms with Crippen molar-refractivity contribution in [3.8, 4) is 11.5 Å². The van der Waals surface area contributed by atoms with Crippen molar-refractivity contribution in [3.63, 3.8) is 0 Å². The van der Waals surface area contributed by atoms with Crippen LogP contribution in [0, 0.1) is 17.8 Å². The minimum absolute atomic E-state index is 0.627. The molecule has 2 aliphatic carbocycles. The molecule has 3 atom stereocenters. The van der Waals surface area contributed by atoms with E-state index in [4.69, 9.17) is 9.47 Å². The first kappa shape index (κ1) is 16.3. The summed E-state index contributed by atoms with van der Waals surface area (Å²) in [5.74, 6) is 5.61. The van der Waals surface area contributed by atoms with Gasteiger partial charge in [0, 0.05) is 12.6 Å². The molecule has 1 aromatic carbocycles. The molecule has 24 heavy (non-hydrogen) atoms. The van der Waals surface area contributed by atoms with E-state index in [1.54, 1.807) is 14.2 Å². The van der Waals surface area contributed by atoms with Gasteiger partial charge in [-0.05, 0) is 80.5 Å². The van der Waals surface area contributed by atoms with E-state index in [9.17, 15) is 0 Å². The Bertz CT molecular complexity index is 565. The summed E-state index contributed by atoms with van der Waals surface area (Å²) in [6.07, 6.45) is 8.57. The first-order valence-electron chi connectivity index (χ1n) is 9.71. The normalized spacial score (nSPS) is 30.7. The Morgan fingerprint density at radius 2 is 1.83 bits per heavy atom. The van der Waals surface area contributed by atoms with Crippen LogP contribution in [0.25, 0.3) is 0 Å². The molecule has 0 spiro atoms. The maximum Gasteiger partial charge on any atom is 0.126 e. The van der Waals surface area contributed by atoms with Crippen LogP contribution in [-0.2, 0) is 0 Å². The van der Waals surface area contributed by atoms with Gasteiger partial charge < -0.3 is 14.4 Å². The number of nitrogens with zero attached hydrogens (tertiary/aromatic N) is 1. The molecule has 2 unspecified atom stereocenters. The monoisotopic (exact) mass is 329 g/mol. The van der Waals surface area contributed by atoms with Crippen molar-refractivity contribution >= 4 is 0 Å². The summed E-state index contributed by atoms with van der Waals surface area (Å²) >= 11 is 0. The van der Waals surface area contributed by atoms with Gasteiger partial charge in [-0.25, -0.2) is 0 Å². The highest BCUT2D eigenvalue weighted by molar-refractivity contribution is 5.43. The van der Waals surface area contributed by atoms with E-state index in [1.807, 2.05) is 6.07 Å². The summed E-state index contributed by atoms with van der Waals surface area (Å²) in [5.41, 5.74) is 1.36. The van der Waals surface area contributed by atoms with Gasteiger partial charge in [0.1, 0.15) is 11.5 Å². The third kappa shape index (κ3) is 3.15. The molecule has 0 aromatic heterocycles. The largest absolute Gasteiger partial charge is 0.497 e. The summed E-state index contributed by atoms with van der Waals surface area (Å²) in [5, 5.41) is 0. The maximum absolute atomic E-state index is 5.62. The van der Waals surface area contributed by atoms with Gasteiger partial charge in [0.05, 0.1) is 14.2 Å². The number of piperidine rings is 1. The molecular formula is C21H31NO2. The molecule has 1 saturated heterocycles. The lowest BCUT2D eigenvalue weighted by Gasteiger charge is -2.36. The van der Waals surface area contributed by atoms with Gasteiger partial charge in [0.15, 0.2) is 0 Å². The van der Waals surface area contributed by atoms with Crippen LogP contribution in [0.4, 0.5) is 0 Å². The first-order valence-corrected chi connectivity index (χ1v) is 9.71. The van der Waals surface area contributed by atoms with Crippen LogP contribution in [0.15, 0.2) is 18.2 Å². The van der Waals surface area contributed by atoms with Gasteiger partial charge >= 0.3 is 0 Å². The molecule has 2 saturated carbocycles. The fourth-order valence-electron chi connectivity index (χ4n) is 5.51. The number of hydrogen-bond donors (Lipinski definition) is 0. The Balaban J connectivity index is 1.34. The van der Waals surface area contributed by atoms with Crippen LogP contribution in [0.1, 0.15) is 50.0 Å². The SMILES string of the molecule is COc1ccc(C2CCN(CC3C[C@H]4CCC3C4)CC2)c(OC)c1. The Labute approximate surface area is 146 Å². The number of rotatable bonds is 5. The predicted octanol–water partition coefficient (Wildman–Crippen LogP) is 4.32. The molecule has 3 aliphatic rings. The van der Waals surface area contributed by atoms with Crippen molar-refractivity contribution in [1.29, 1.82) is 0 Å². The summed E-state index contributed by atoms with van der Waals surface area (Å²) in [7, 11) is 3.48. The number of ether oxygens (including phenoxy) is 2. The van der Waals surface area contributed by atoms with E-state index >= 15 is 0 Å². The van der Waals surface area contributed by atoms with Crippen LogP contribution >= 0.6 is 0 Å². The second-order valence-electron chi connectivity index (χ2n) is 8.12. The molecule has 0 amide bonds. The molecule has 2 bridgehead atoms. The van der Waals surface area contributed by atoms with E-state index in [2.05, 4.69) is 17.0 Å². The minimum atomic E-state index is 0.627. The first-order chi connectivity index (χ1) is 11.8. The highest BCUT2D eigenvalue weighted by atomic mass is 16.5. The zero-order chi connectivity index (χ0) is 16.5. The average Bonchev–Trinajstić information content (AvgIpc) is 3.25. The van der Waals surface area contributed by atoms with Crippen molar-refractivity contribution in [1.82, 2.24) is 4.90 Å². The molecule has 0 radical (unpaired) electrons. The lowest BCUT2D eigenvalue weighted by molar-refractivity contribution is 0.155. The number of fused-ring (bicyclic) bond motifs is 2. The van der Waals surface area contributed by atoms with Crippen molar-refractivity contribution < 1.29 is 9.47 Å². The molecule has 4 rings (SSSR count). The second-order valence-corrected chi connectivity index (χ2v) is 8.12. The quantitative estimate of drug-likeness (QED) is 0.803. The molecule has 0 N–H and O–H groups in total. The number of hydrogen-bond acceptors (Lipinski definition) is 3. The zero-order valence-corrected chi connectivity index (χ0v) is 15.2. The van der Waals surface area contributed by atoms with Crippen LogP contribution in [-0.4, -0.2) is 38.8 Å². The summed E-state index contributed by atoms with van der Waals surface area (Å²) in [4.78, 5) is 2.73. The third-order valence-electron chi connectivity index (χ3n) is 6.85. The smallest absolute Gasteiger partial charge is 0.126 e. The van der Waals surface area contributed by atoms with Crippen LogP contribution in [0.2, 0.25) is 0 Å². The predicted molar refractivity (Wildman–Crippen MR) is 96.9 cm³/mol. The van der Waals surface area contributed by atoms with Gasteiger partial charge in [-0.1, -0.05) is 12.5 Å². The van der Waals surface area contributed by atoms with Crippen molar-refractivity contribution in [2.45, 2.75) is 44.4 Å². The van der Waals surface area contributed by atoms with Gasteiger partial charge in [-0.2, -0.15) is 0 Å². The van der Waals surface area contributed by atoms with Crippen molar-refractivity contribution in [2.75, 3.05) is 33.9 Å². The lowest BCUT2D eigenvalue weighted by Crippen LogP contribution is -2.37. The lowest BCUT2D eigenvalue weighted by atomic mass is 9.86. The number of methoxy groups -OCH3 is 2. The molecule has 1 aromatic rings. The average molecular weight is 329 g/mol. The van der Waals surface area contributed by atoms with Gasteiger partial charge in [0.25, 0.3) is 0 Å². The second kappa shape index (κ2) is 6.95. The Hall–Kier alpha value is -1.22. The van der Waals surface area contributed by atoms with Gasteiger partial charge in [-0.15, -0.1) is 0 Å². The number of benzene rings is 1. The topological polar surface area (TPSA) is 21.7 Å². The van der Waals surface area contributed by atoms with E-state index in [0.717, 1.165) is 29.3 Å². The fraction of sp³-hybridized carbons (Fsp3) is 0.714. The van der Waals surface area contributed by atoms with Crippen molar-refractivity contribution in [3.05, 3.63) is 23.8 Å². The van der Waals surface area contributed by atoms with E-state index in [0.29, 0.717) is 5.92 Å². The Kier molecular flexibility index (Phi) is 4.71. The Morgan fingerprint density at radius 1 is 1.00 bits per heavy atom. The molecular weight excluding hydrogens is 298 g/mol. The van der Waals surface area contributed by atoms with Crippen LogP contribution in [0.3, 0.4) is 0 Å². The standard InChI is InChI=1S/C21H31NO2/c1-23-19-5-6-20(21(13-19)24-2)16-7-9-22(10-8-16)14-18-12-15-3-4-17(18)11-15/h5-6,13,15-18H,3-4,7-12,14H2,1-2H3/t15-,17?,18?/m0/s1. The highest BCUT2D eigenvalue weighted by Gasteiger charge is 2.40.